The van der Waals surface area contributed by atoms with E-state index < -0.39 is 0 Å². The second-order valence-electron chi connectivity index (χ2n) is 5.07. The average molecular weight is 138 g/mol. The molecule has 2 unspecified atom stereocenters. The highest BCUT2D eigenvalue weighted by molar-refractivity contribution is 5.17. The first-order valence-electron chi connectivity index (χ1n) is 4.55. The van der Waals surface area contributed by atoms with Crippen LogP contribution in [-0.4, -0.2) is 0 Å². The fourth-order valence-electron chi connectivity index (χ4n) is 2.27. The van der Waals surface area contributed by atoms with Crippen molar-refractivity contribution in [2.75, 3.05) is 0 Å². The van der Waals surface area contributed by atoms with Crippen LogP contribution in [0.25, 0.3) is 0 Å². The minimum Gasteiger partial charge on any atom is -0.0623 e. The Morgan fingerprint density at radius 3 is 1.80 bits per heavy atom. The van der Waals surface area contributed by atoms with Crippen LogP contribution in [0, 0.1) is 29.1 Å². The van der Waals surface area contributed by atoms with Crippen LogP contribution >= 0.6 is 0 Å². The molecule has 2 saturated carbocycles. The third kappa shape index (κ3) is 0.681. The summed E-state index contributed by atoms with van der Waals surface area (Å²) in [5.41, 5.74) is 0.633. The Kier molecular flexibility index (Phi) is 1.07. The van der Waals surface area contributed by atoms with Crippen molar-refractivity contribution in [3.05, 3.63) is 0 Å². The molecule has 0 heterocycles. The SMILES string of the molecule is CC(C)C(C)(C)C1C2CC21. The van der Waals surface area contributed by atoms with E-state index in [9.17, 15) is 0 Å². The van der Waals surface area contributed by atoms with E-state index in [1.54, 1.807) is 6.42 Å². The van der Waals surface area contributed by atoms with Crippen molar-refractivity contribution in [3.63, 3.8) is 0 Å². The summed E-state index contributed by atoms with van der Waals surface area (Å²) in [6.07, 6.45) is 1.56. The molecule has 0 aliphatic heterocycles. The van der Waals surface area contributed by atoms with E-state index >= 15 is 0 Å². The number of hydrogen-bond donors (Lipinski definition) is 0. The normalized spacial score (nSPS) is 43.5. The molecule has 0 saturated heterocycles. The predicted molar refractivity (Wildman–Crippen MR) is 43.7 cm³/mol. The lowest BCUT2D eigenvalue weighted by Gasteiger charge is -2.32. The quantitative estimate of drug-likeness (QED) is 0.550. The fourth-order valence-corrected chi connectivity index (χ4v) is 2.27. The molecule has 2 atom stereocenters. The molecule has 0 radical (unpaired) electrons. The Balaban J connectivity index is 2.00. The predicted octanol–water partition coefficient (Wildman–Crippen LogP) is 2.93. The fraction of sp³-hybridized carbons (Fsp3) is 1.00. The van der Waals surface area contributed by atoms with E-state index in [4.69, 9.17) is 0 Å². The van der Waals surface area contributed by atoms with Crippen LogP contribution in [0.15, 0.2) is 0 Å². The Morgan fingerprint density at radius 1 is 1.20 bits per heavy atom. The lowest BCUT2D eigenvalue weighted by molar-refractivity contribution is 0.170. The molecule has 0 aromatic heterocycles. The molecule has 0 N–H and O–H groups in total. The van der Waals surface area contributed by atoms with Gasteiger partial charge in [-0.15, -0.1) is 0 Å². The van der Waals surface area contributed by atoms with Crippen LogP contribution < -0.4 is 0 Å². The maximum Gasteiger partial charge on any atom is -0.0297 e. The van der Waals surface area contributed by atoms with Crippen molar-refractivity contribution in [1.82, 2.24) is 0 Å². The van der Waals surface area contributed by atoms with Gasteiger partial charge in [-0.05, 0) is 35.5 Å². The van der Waals surface area contributed by atoms with Crippen LogP contribution in [-0.2, 0) is 0 Å². The molecule has 0 nitrogen and oxygen atoms in total. The monoisotopic (exact) mass is 138 g/mol. The lowest BCUT2D eigenvalue weighted by Crippen LogP contribution is -2.25. The van der Waals surface area contributed by atoms with Gasteiger partial charge in [-0.1, -0.05) is 27.7 Å². The summed E-state index contributed by atoms with van der Waals surface area (Å²) in [4.78, 5) is 0. The smallest absolute Gasteiger partial charge is 0.0297 e. The molecule has 0 bridgehead atoms. The Morgan fingerprint density at radius 2 is 1.70 bits per heavy atom. The molecular formula is C10H18. The van der Waals surface area contributed by atoms with Crippen LogP contribution in [0.5, 0.6) is 0 Å². The minimum atomic E-state index is 0.633. The molecule has 0 amide bonds. The number of hydrogen-bond acceptors (Lipinski definition) is 0. The summed E-state index contributed by atoms with van der Waals surface area (Å²) in [7, 11) is 0. The highest BCUT2D eigenvalue weighted by Gasteiger charge is 2.68. The van der Waals surface area contributed by atoms with Crippen LogP contribution in [0.4, 0.5) is 0 Å². The molecule has 0 spiro atoms. The summed E-state index contributed by atoms with van der Waals surface area (Å²) < 4.78 is 0. The van der Waals surface area contributed by atoms with E-state index in [1.807, 2.05) is 0 Å². The second kappa shape index (κ2) is 1.60. The summed E-state index contributed by atoms with van der Waals surface area (Å²) in [5, 5.41) is 0. The molecule has 0 heteroatoms. The van der Waals surface area contributed by atoms with Crippen LogP contribution in [0.3, 0.4) is 0 Å². The first-order valence-corrected chi connectivity index (χ1v) is 4.55. The summed E-state index contributed by atoms with van der Waals surface area (Å²) >= 11 is 0. The average Bonchev–Trinajstić information content (AvgIpc) is 2.43. The Labute approximate surface area is 64.0 Å². The standard InChI is InChI=1S/C10H18/c1-6(2)10(3,4)9-7-5-8(7)9/h6-9H,5H2,1-4H3. The van der Waals surface area contributed by atoms with Crippen molar-refractivity contribution in [2.45, 2.75) is 34.1 Å². The molecule has 2 aliphatic rings. The van der Waals surface area contributed by atoms with E-state index in [0.717, 1.165) is 23.7 Å². The zero-order valence-corrected chi connectivity index (χ0v) is 7.52. The van der Waals surface area contributed by atoms with Gasteiger partial charge in [-0.3, -0.25) is 0 Å². The minimum absolute atomic E-state index is 0.633. The van der Waals surface area contributed by atoms with E-state index in [2.05, 4.69) is 27.7 Å². The van der Waals surface area contributed by atoms with Crippen molar-refractivity contribution in [2.24, 2.45) is 29.1 Å². The topological polar surface area (TPSA) is 0 Å². The van der Waals surface area contributed by atoms with Gasteiger partial charge in [0.05, 0.1) is 0 Å². The van der Waals surface area contributed by atoms with Crippen molar-refractivity contribution < 1.29 is 0 Å². The summed E-state index contributed by atoms with van der Waals surface area (Å²) in [6, 6.07) is 0. The highest BCUT2D eigenvalue weighted by Crippen LogP contribution is 2.74. The van der Waals surface area contributed by atoms with Gasteiger partial charge < -0.3 is 0 Å². The van der Waals surface area contributed by atoms with E-state index in [-0.39, 0.29) is 0 Å². The summed E-state index contributed by atoms with van der Waals surface area (Å²) in [6.45, 7) is 9.60. The number of fused-ring (bicyclic) bond motifs is 1. The molecule has 2 rings (SSSR count). The first-order chi connectivity index (χ1) is 4.55. The summed E-state index contributed by atoms with van der Waals surface area (Å²) in [5.74, 6) is 4.30. The molecule has 10 heavy (non-hydrogen) atoms. The van der Waals surface area contributed by atoms with Gasteiger partial charge in [0.15, 0.2) is 0 Å². The largest absolute Gasteiger partial charge is 0.0623 e. The lowest BCUT2D eigenvalue weighted by atomic mass is 9.73. The van der Waals surface area contributed by atoms with E-state index in [0.29, 0.717) is 5.41 Å². The zero-order valence-electron chi connectivity index (χ0n) is 7.52. The van der Waals surface area contributed by atoms with Crippen LogP contribution in [0.2, 0.25) is 0 Å². The van der Waals surface area contributed by atoms with Crippen LogP contribution in [0.1, 0.15) is 34.1 Å². The van der Waals surface area contributed by atoms with Gasteiger partial charge in [-0.25, -0.2) is 0 Å². The van der Waals surface area contributed by atoms with Gasteiger partial charge in [-0.2, -0.15) is 0 Å². The third-order valence-electron chi connectivity index (χ3n) is 4.02. The molecule has 0 aromatic carbocycles. The molecule has 2 fully saturated rings. The molecule has 58 valence electrons. The van der Waals surface area contributed by atoms with Gasteiger partial charge in [0.2, 0.25) is 0 Å². The van der Waals surface area contributed by atoms with Gasteiger partial charge in [0, 0.05) is 0 Å². The highest BCUT2D eigenvalue weighted by atomic mass is 14.7. The zero-order chi connectivity index (χ0) is 7.52. The third-order valence-corrected chi connectivity index (χ3v) is 4.02. The number of rotatable bonds is 2. The van der Waals surface area contributed by atoms with Gasteiger partial charge >= 0.3 is 0 Å². The molecular weight excluding hydrogens is 120 g/mol. The molecule has 2 aliphatic carbocycles. The van der Waals surface area contributed by atoms with Gasteiger partial charge in [0.25, 0.3) is 0 Å². The van der Waals surface area contributed by atoms with E-state index in [1.165, 1.54) is 0 Å². The maximum absolute atomic E-state index is 2.44. The van der Waals surface area contributed by atoms with Crippen molar-refractivity contribution in [3.8, 4) is 0 Å². The van der Waals surface area contributed by atoms with Crippen molar-refractivity contribution in [1.29, 1.82) is 0 Å². The first kappa shape index (κ1) is 6.69. The van der Waals surface area contributed by atoms with Gasteiger partial charge in [0.1, 0.15) is 0 Å². The Hall–Kier alpha value is 0. The van der Waals surface area contributed by atoms with Crippen molar-refractivity contribution >= 4 is 0 Å². The second-order valence-corrected chi connectivity index (χ2v) is 5.07. The Bertz CT molecular complexity index is 147. The molecule has 0 aromatic rings. The maximum atomic E-state index is 2.44.